The quantitative estimate of drug-likeness (QED) is 0.185. The average molecular weight is 690 g/mol. The normalized spacial score (nSPS) is 12.1. The van der Waals surface area contributed by atoms with E-state index in [1.54, 1.807) is 0 Å². The van der Waals surface area contributed by atoms with Crippen molar-refractivity contribution in [2.45, 2.75) is 0 Å². The summed E-state index contributed by atoms with van der Waals surface area (Å²) in [5.41, 5.74) is 12.7. The van der Waals surface area contributed by atoms with Crippen LogP contribution in [0.4, 0.5) is 0 Å². The van der Waals surface area contributed by atoms with E-state index in [0.717, 1.165) is 99.2 Å². The van der Waals surface area contributed by atoms with E-state index in [1.807, 2.05) is 30.3 Å². The van der Waals surface area contributed by atoms with Crippen LogP contribution in [0.5, 0.6) is 0 Å². The fraction of sp³-hybridized carbons (Fsp3) is 0. The van der Waals surface area contributed by atoms with Crippen molar-refractivity contribution in [3.8, 4) is 28.6 Å². The van der Waals surface area contributed by atoms with Crippen molar-refractivity contribution in [2.75, 3.05) is 0 Å². The summed E-state index contributed by atoms with van der Waals surface area (Å²) in [6, 6.07) is 59.5. The smallest absolute Gasteiger partial charge is 0.159 e. The van der Waals surface area contributed by atoms with Crippen molar-refractivity contribution in [3.63, 3.8) is 0 Å². The van der Waals surface area contributed by atoms with Gasteiger partial charge in [-0.05, 0) is 96.1 Å². The van der Waals surface area contributed by atoms with Gasteiger partial charge in [0.1, 0.15) is 16.7 Å². The largest absolute Gasteiger partial charge is 0.456 e. The lowest BCUT2D eigenvalue weighted by Crippen LogP contribution is -1.94. The van der Waals surface area contributed by atoms with Gasteiger partial charge in [-0.25, -0.2) is 0 Å². The second kappa shape index (κ2) is 10.7. The van der Waals surface area contributed by atoms with Gasteiger partial charge in [0.15, 0.2) is 5.58 Å². The summed E-state index contributed by atoms with van der Waals surface area (Å²) >= 11 is 0. The molecule has 250 valence electrons. The first-order chi connectivity index (χ1) is 26.7. The minimum Gasteiger partial charge on any atom is -0.456 e. The number of furan rings is 2. The van der Waals surface area contributed by atoms with Gasteiger partial charge in [0.2, 0.25) is 0 Å². The van der Waals surface area contributed by atoms with Gasteiger partial charge in [0.25, 0.3) is 0 Å². The molecule has 12 aromatic rings. The summed E-state index contributed by atoms with van der Waals surface area (Å²) in [5, 5.41) is 18.8. The van der Waals surface area contributed by atoms with Crippen molar-refractivity contribution < 1.29 is 8.83 Å². The zero-order chi connectivity index (χ0) is 35.5. The van der Waals surface area contributed by atoms with Crippen molar-refractivity contribution in [1.29, 1.82) is 5.26 Å². The maximum Gasteiger partial charge on any atom is 0.159 e. The Morgan fingerprint density at radius 1 is 0.389 bits per heavy atom. The van der Waals surface area contributed by atoms with Crippen molar-refractivity contribution in [3.05, 3.63) is 169 Å². The molecule has 0 radical (unpaired) electrons. The molecule has 0 spiro atoms. The zero-order valence-corrected chi connectivity index (χ0v) is 28.7. The predicted octanol–water partition coefficient (Wildman–Crippen LogP) is 13.2. The Labute approximate surface area is 307 Å². The van der Waals surface area contributed by atoms with E-state index in [0.29, 0.717) is 5.56 Å². The minimum atomic E-state index is 0.632. The lowest BCUT2D eigenvalue weighted by Gasteiger charge is -2.09. The van der Waals surface area contributed by atoms with Crippen LogP contribution in [-0.4, -0.2) is 9.13 Å². The summed E-state index contributed by atoms with van der Waals surface area (Å²) in [5.74, 6) is 0. The van der Waals surface area contributed by atoms with Gasteiger partial charge in [-0.15, -0.1) is 0 Å². The molecule has 0 unspecified atom stereocenters. The molecule has 0 bridgehead atoms. The third-order valence-corrected chi connectivity index (χ3v) is 11.1. The van der Waals surface area contributed by atoms with E-state index in [9.17, 15) is 5.26 Å². The molecule has 8 aromatic carbocycles. The first-order valence-electron chi connectivity index (χ1n) is 18.1. The van der Waals surface area contributed by atoms with Gasteiger partial charge in [-0.1, -0.05) is 78.9 Å². The highest BCUT2D eigenvalue weighted by Crippen LogP contribution is 2.41. The molecule has 0 aliphatic rings. The van der Waals surface area contributed by atoms with Crippen LogP contribution in [0.1, 0.15) is 5.56 Å². The lowest BCUT2D eigenvalue weighted by atomic mass is 10.0. The number of aromatic nitrogens is 2. The number of hydrogen-bond donors (Lipinski definition) is 0. The van der Waals surface area contributed by atoms with Crippen LogP contribution in [-0.2, 0) is 0 Å². The Morgan fingerprint density at radius 3 is 1.76 bits per heavy atom. The Morgan fingerprint density at radius 2 is 0.963 bits per heavy atom. The van der Waals surface area contributed by atoms with Crippen molar-refractivity contribution in [2.24, 2.45) is 0 Å². The number of benzene rings is 8. The maximum absolute atomic E-state index is 9.92. The fourth-order valence-electron chi connectivity index (χ4n) is 8.73. The molecule has 12 rings (SSSR count). The van der Waals surface area contributed by atoms with Crippen LogP contribution in [0.25, 0.3) is 110 Å². The van der Waals surface area contributed by atoms with Gasteiger partial charge < -0.3 is 18.0 Å². The van der Waals surface area contributed by atoms with E-state index in [4.69, 9.17) is 8.83 Å². The van der Waals surface area contributed by atoms with Crippen molar-refractivity contribution >= 4 is 87.5 Å². The Bertz CT molecular complexity index is 3530. The molecule has 5 heteroatoms. The Hall–Kier alpha value is -7.55. The topological polar surface area (TPSA) is 59.9 Å². The molecule has 4 heterocycles. The van der Waals surface area contributed by atoms with E-state index < -0.39 is 0 Å². The minimum absolute atomic E-state index is 0.632. The number of nitriles is 1. The molecule has 0 saturated carbocycles. The lowest BCUT2D eigenvalue weighted by molar-refractivity contribution is 0.666. The molecule has 0 fully saturated rings. The first-order valence-corrected chi connectivity index (χ1v) is 18.1. The average Bonchev–Trinajstić information content (AvgIpc) is 3.97. The van der Waals surface area contributed by atoms with Crippen molar-refractivity contribution in [1.82, 2.24) is 9.13 Å². The molecule has 0 aliphatic carbocycles. The van der Waals surface area contributed by atoms with Crippen LogP contribution in [0, 0.1) is 11.3 Å². The standard InChI is InChI=1S/C49H27N3O2/c50-28-29-16-20-43-37(24-29)38-25-30(31-18-22-47-39(26-31)35-10-3-6-15-46(35)53-47)17-21-44(38)51(43)32-19-23-48-40(27-32)36-11-7-14-45(49(36)54-48)52-41-12-4-1-8-33(41)34-9-2-5-13-42(34)52/h1-27H. The van der Waals surface area contributed by atoms with E-state index in [2.05, 4.69) is 149 Å². The van der Waals surface area contributed by atoms with Gasteiger partial charge in [-0.2, -0.15) is 5.26 Å². The van der Waals surface area contributed by atoms with E-state index in [1.165, 1.54) is 10.8 Å². The van der Waals surface area contributed by atoms with Gasteiger partial charge in [0.05, 0.1) is 39.4 Å². The van der Waals surface area contributed by atoms with E-state index >= 15 is 0 Å². The molecule has 0 atom stereocenters. The van der Waals surface area contributed by atoms with Crippen LogP contribution < -0.4 is 0 Å². The molecule has 0 saturated heterocycles. The molecule has 5 nitrogen and oxygen atoms in total. The first kappa shape index (κ1) is 29.1. The summed E-state index contributed by atoms with van der Waals surface area (Å²) < 4.78 is 17.5. The summed E-state index contributed by atoms with van der Waals surface area (Å²) in [6.07, 6.45) is 0. The monoisotopic (exact) mass is 689 g/mol. The molecular formula is C49H27N3O2. The SMILES string of the molecule is N#Cc1ccc2c(c1)c1cc(-c3ccc4oc5ccccc5c4c3)ccc1n2-c1ccc2oc3c(-n4c5ccccc5c5ccccc54)cccc3c2c1. The summed E-state index contributed by atoms with van der Waals surface area (Å²) in [4.78, 5) is 0. The molecule has 0 aliphatic heterocycles. The highest BCUT2D eigenvalue weighted by Gasteiger charge is 2.20. The molecule has 54 heavy (non-hydrogen) atoms. The third kappa shape index (κ3) is 3.97. The highest BCUT2D eigenvalue weighted by atomic mass is 16.3. The number of nitrogens with zero attached hydrogens (tertiary/aromatic N) is 3. The number of fused-ring (bicyclic) bond motifs is 12. The highest BCUT2D eigenvalue weighted by molar-refractivity contribution is 6.15. The number of hydrogen-bond acceptors (Lipinski definition) is 3. The number of para-hydroxylation sites is 4. The Balaban J connectivity index is 1.06. The fourth-order valence-corrected chi connectivity index (χ4v) is 8.73. The van der Waals surface area contributed by atoms with Gasteiger partial charge in [-0.3, -0.25) is 0 Å². The third-order valence-electron chi connectivity index (χ3n) is 11.1. The molecule has 0 N–H and O–H groups in total. The van der Waals surface area contributed by atoms with E-state index in [-0.39, 0.29) is 0 Å². The second-order valence-electron chi connectivity index (χ2n) is 14.0. The molecule has 4 aromatic heterocycles. The van der Waals surface area contributed by atoms with Crippen LogP contribution >= 0.6 is 0 Å². The summed E-state index contributed by atoms with van der Waals surface area (Å²) in [6.45, 7) is 0. The Kier molecular flexibility index (Phi) is 5.78. The van der Waals surface area contributed by atoms with Gasteiger partial charge in [0, 0.05) is 48.8 Å². The summed E-state index contributed by atoms with van der Waals surface area (Å²) in [7, 11) is 0. The zero-order valence-electron chi connectivity index (χ0n) is 28.7. The van der Waals surface area contributed by atoms with Crippen LogP contribution in [0.15, 0.2) is 173 Å². The van der Waals surface area contributed by atoms with Crippen LogP contribution in [0.2, 0.25) is 0 Å². The predicted molar refractivity (Wildman–Crippen MR) is 220 cm³/mol. The second-order valence-corrected chi connectivity index (χ2v) is 14.0. The van der Waals surface area contributed by atoms with Gasteiger partial charge >= 0.3 is 0 Å². The molecular weight excluding hydrogens is 663 g/mol. The van der Waals surface area contributed by atoms with Crippen LogP contribution in [0.3, 0.4) is 0 Å². The molecule has 0 amide bonds. The number of rotatable bonds is 3. The maximum atomic E-state index is 9.92.